The van der Waals surface area contributed by atoms with Crippen molar-refractivity contribution in [2.45, 2.75) is 6.92 Å². The summed E-state index contributed by atoms with van der Waals surface area (Å²) < 4.78 is 0.753. The standard InChI is InChI=1S/C8H7BrN2/c1-5-2-3-7(9)6(4-10)8(5)11/h2-3H,11H2,1H3. The van der Waals surface area contributed by atoms with Gasteiger partial charge in [-0.3, -0.25) is 0 Å². The topological polar surface area (TPSA) is 49.8 Å². The van der Waals surface area contributed by atoms with E-state index in [-0.39, 0.29) is 0 Å². The molecular formula is C8H7BrN2. The van der Waals surface area contributed by atoms with Gasteiger partial charge >= 0.3 is 0 Å². The Balaban J connectivity index is 3.44. The number of hydrogen-bond acceptors (Lipinski definition) is 2. The van der Waals surface area contributed by atoms with Crippen LogP contribution in [0.5, 0.6) is 0 Å². The molecule has 0 heterocycles. The molecule has 0 aromatic heterocycles. The van der Waals surface area contributed by atoms with Crippen LogP contribution in [-0.2, 0) is 0 Å². The van der Waals surface area contributed by atoms with Gasteiger partial charge in [-0.15, -0.1) is 0 Å². The molecule has 2 N–H and O–H groups in total. The first-order valence-electron chi connectivity index (χ1n) is 3.11. The summed E-state index contributed by atoms with van der Waals surface area (Å²) in [6, 6.07) is 5.73. The molecule has 0 aliphatic carbocycles. The first kappa shape index (κ1) is 8.09. The van der Waals surface area contributed by atoms with Gasteiger partial charge in [-0.25, -0.2) is 0 Å². The number of rotatable bonds is 0. The van der Waals surface area contributed by atoms with Crippen molar-refractivity contribution < 1.29 is 0 Å². The van der Waals surface area contributed by atoms with Gasteiger partial charge in [0.1, 0.15) is 6.07 Å². The van der Waals surface area contributed by atoms with Crippen LogP contribution in [0.25, 0.3) is 0 Å². The van der Waals surface area contributed by atoms with E-state index in [0.29, 0.717) is 11.3 Å². The quantitative estimate of drug-likeness (QED) is 0.668. The summed E-state index contributed by atoms with van der Waals surface area (Å²) in [4.78, 5) is 0. The molecule has 3 heteroatoms. The zero-order valence-electron chi connectivity index (χ0n) is 6.06. The molecule has 56 valence electrons. The monoisotopic (exact) mass is 210 g/mol. The van der Waals surface area contributed by atoms with Crippen molar-refractivity contribution in [1.82, 2.24) is 0 Å². The van der Waals surface area contributed by atoms with Crippen LogP contribution < -0.4 is 5.73 Å². The third kappa shape index (κ3) is 1.36. The summed E-state index contributed by atoms with van der Waals surface area (Å²) in [5, 5.41) is 8.66. The minimum atomic E-state index is 0.519. The Morgan fingerprint density at radius 2 is 2.18 bits per heavy atom. The van der Waals surface area contributed by atoms with Crippen LogP contribution >= 0.6 is 15.9 Å². The minimum absolute atomic E-state index is 0.519. The van der Waals surface area contributed by atoms with E-state index in [0.717, 1.165) is 10.0 Å². The van der Waals surface area contributed by atoms with E-state index in [2.05, 4.69) is 15.9 Å². The second-order valence-electron chi connectivity index (χ2n) is 2.26. The number of nitrogen functional groups attached to an aromatic ring is 1. The number of halogens is 1. The predicted molar refractivity (Wildman–Crippen MR) is 48.0 cm³/mol. The lowest BCUT2D eigenvalue weighted by Crippen LogP contribution is -1.94. The number of anilines is 1. The van der Waals surface area contributed by atoms with Crippen molar-refractivity contribution in [3.63, 3.8) is 0 Å². The molecule has 0 saturated heterocycles. The largest absolute Gasteiger partial charge is 0.397 e. The molecule has 0 aliphatic rings. The molecule has 0 radical (unpaired) electrons. The fraction of sp³-hybridized carbons (Fsp3) is 0.125. The average Bonchev–Trinajstić information content (AvgIpc) is 1.99. The van der Waals surface area contributed by atoms with Crippen LogP contribution in [0.3, 0.4) is 0 Å². The molecule has 2 nitrogen and oxygen atoms in total. The Morgan fingerprint density at radius 3 is 2.64 bits per heavy atom. The van der Waals surface area contributed by atoms with E-state index in [1.165, 1.54) is 0 Å². The highest BCUT2D eigenvalue weighted by Crippen LogP contribution is 2.24. The zero-order valence-corrected chi connectivity index (χ0v) is 7.64. The fourth-order valence-corrected chi connectivity index (χ4v) is 1.25. The molecule has 0 atom stereocenters. The van der Waals surface area contributed by atoms with Crippen molar-refractivity contribution in [3.05, 3.63) is 27.7 Å². The molecule has 0 amide bonds. The highest BCUT2D eigenvalue weighted by Gasteiger charge is 2.04. The number of nitrogens with zero attached hydrogens (tertiary/aromatic N) is 1. The van der Waals surface area contributed by atoms with Crippen molar-refractivity contribution in [1.29, 1.82) is 5.26 Å². The second kappa shape index (κ2) is 2.93. The van der Waals surface area contributed by atoms with Crippen LogP contribution in [0.4, 0.5) is 5.69 Å². The zero-order chi connectivity index (χ0) is 8.43. The first-order valence-corrected chi connectivity index (χ1v) is 3.90. The predicted octanol–water partition coefficient (Wildman–Crippen LogP) is 2.21. The van der Waals surface area contributed by atoms with Crippen LogP contribution in [0, 0.1) is 18.3 Å². The van der Waals surface area contributed by atoms with E-state index in [4.69, 9.17) is 11.0 Å². The maximum absolute atomic E-state index is 8.66. The second-order valence-corrected chi connectivity index (χ2v) is 3.12. The normalized spacial score (nSPS) is 9.18. The van der Waals surface area contributed by atoms with Gasteiger partial charge in [-0.05, 0) is 34.5 Å². The van der Waals surface area contributed by atoms with E-state index in [9.17, 15) is 0 Å². The van der Waals surface area contributed by atoms with Gasteiger partial charge in [-0.2, -0.15) is 5.26 Å². The molecule has 0 aliphatic heterocycles. The number of nitrogens with two attached hydrogens (primary N) is 1. The molecule has 1 aromatic rings. The fourth-order valence-electron chi connectivity index (χ4n) is 0.811. The van der Waals surface area contributed by atoms with Gasteiger partial charge in [-0.1, -0.05) is 6.07 Å². The van der Waals surface area contributed by atoms with Gasteiger partial charge in [0.05, 0.1) is 11.3 Å². The van der Waals surface area contributed by atoms with E-state index >= 15 is 0 Å². The molecule has 11 heavy (non-hydrogen) atoms. The van der Waals surface area contributed by atoms with Gasteiger partial charge in [0.25, 0.3) is 0 Å². The maximum atomic E-state index is 8.66. The Morgan fingerprint density at radius 1 is 1.55 bits per heavy atom. The van der Waals surface area contributed by atoms with Crippen LogP contribution in [0.15, 0.2) is 16.6 Å². The smallest absolute Gasteiger partial charge is 0.103 e. The summed E-state index contributed by atoms with van der Waals surface area (Å²) in [7, 11) is 0. The van der Waals surface area contributed by atoms with E-state index in [1.807, 2.05) is 25.1 Å². The summed E-state index contributed by atoms with van der Waals surface area (Å²) in [5.74, 6) is 0. The van der Waals surface area contributed by atoms with Crippen molar-refractivity contribution >= 4 is 21.6 Å². The molecular weight excluding hydrogens is 204 g/mol. The summed E-state index contributed by atoms with van der Waals surface area (Å²) >= 11 is 3.24. The molecule has 0 fully saturated rings. The lowest BCUT2D eigenvalue weighted by molar-refractivity contribution is 1.40. The summed E-state index contributed by atoms with van der Waals surface area (Å²) in [6.07, 6.45) is 0. The number of hydrogen-bond donors (Lipinski definition) is 1. The molecule has 0 bridgehead atoms. The summed E-state index contributed by atoms with van der Waals surface area (Å²) in [5.41, 5.74) is 7.65. The third-order valence-corrected chi connectivity index (χ3v) is 2.19. The van der Waals surface area contributed by atoms with Gasteiger partial charge in [0.15, 0.2) is 0 Å². The number of aryl methyl sites for hydroxylation is 1. The van der Waals surface area contributed by atoms with Crippen LogP contribution in [0.2, 0.25) is 0 Å². The Hall–Kier alpha value is -1.01. The SMILES string of the molecule is Cc1ccc(Br)c(C#N)c1N. The van der Waals surface area contributed by atoms with Crippen molar-refractivity contribution in [2.75, 3.05) is 5.73 Å². The van der Waals surface area contributed by atoms with Crippen molar-refractivity contribution in [3.8, 4) is 6.07 Å². The molecule has 0 unspecified atom stereocenters. The lowest BCUT2D eigenvalue weighted by atomic mass is 10.1. The third-order valence-electron chi connectivity index (χ3n) is 1.52. The first-order chi connectivity index (χ1) is 5.16. The molecule has 1 aromatic carbocycles. The average molecular weight is 211 g/mol. The molecule has 0 saturated carbocycles. The van der Waals surface area contributed by atoms with Gasteiger partial charge in [0, 0.05) is 4.47 Å². The molecule has 0 spiro atoms. The van der Waals surface area contributed by atoms with Gasteiger partial charge < -0.3 is 5.73 Å². The highest BCUT2D eigenvalue weighted by molar-refractivity contribution is 9.10. The van der Waals surface area contributed by atoms with Crippen LogP contribution in [0.1, 0.15) is 11.1 Å². The lowest BCUT2D eigenvalue weighted by Gasteiger charge is -2.02. The van der Waals surface area contributed by atoms with Crippen molar-refractivity contribution in [2.24, 2.45) is 0 Å². The number of benzene rings is 1. The van der Waals surface area contributed by atoms with Gasteiger partial charge in [0.2, 0.25) is 0 Å². The summed E-state index contributed by atoms with van der Waals surface area (Å²) in [6.45, 7) is 1.88. The number of nitriles is 1. The Bertz CT molecular complexity index is 326. The highest BCUT2D eigenvalue weighted by atomic mass is 79.9. The maximum Gasteiger partial charge on any atom is 0.103 e. The van der Waals surface area contributed by atoms with Crippen LogP contribution in [-0.4, -0.2) is 0 Å². The van der Waals surface area contributed by atoms with E-state index < -0.39 is 0 Å². The Labute approximate surface area is 73.8 Å². The Kier molecular flexibility index (Phi) is 2.16. The van der Waals surface area contributed by atoms with E-state index in [1.54, 1.807) is 0 Å². The molecule has 1 rings (SSSR count). The minimum Gasteiger partial charge on any atom is -0.397 e.